The Kier molecular flexibility index (Phi) is 6.67. The Hall–Kier alpha value is -4.17. The maximum absolute atomic E-state index is 13.6. The van der Waals surface area contributed by atoms with Crippen molar-refractivity contribution in [3.05, 3.63) is 134 Å². The van der Waals surface area contributed by atoms with Crippen LogP contribution in [0.3, 0.4) is 0 Å². The van der Waals surface area contributed by atoms with Crippen LogP contribution in [0.5, 0.6) is 0 Å². The number of carbonyl (C=O) groups excluding carboxylic acids is 1. The van der Waals surface area contributed by atoms with E-state index in [-0.39, 0.29) is 11.3 Å². The van der Waals surface area contributed by atoms with E-state index >= 15 is 0 Å². The van der Waals surface area contributed by atoms with Crippen molar-refractivity contribution in [1.82, 2.24) is 9.88 Å². The molecule has 1 N–H and O–H groups in total. The Balaban J connectivity index is 1.59. The van der Waals surface area contributed by atoms with Gasteiger partial charge in [-0.05, 0) is 70.1 Å². The first kappa shape index (κ1) is 24.5. The molecule has 0 saturated carbocycles. The van der Waals surface area contributed by atoms with Crippen LogP contribution in [-0.2, 0) is 12.6 Å². The number of aromatic nitrogens is 1. The number of hydrogen-bond acceptors (Lipinski definition) is 3. The van der Waals surface area contributed by atoms with E-state index in [9.17, 15) is 22.8 Å². The van der Waals surface area contributed by atoms with Crippen LogP contribution < -0.4 is 10.9 Å². The van der Waals surface area contributed by atoms with Gasteiger partial charge in [-0.15, -0.1) is 0 Å². The maximum atomic E-state index is 13.6. The fourth-order valence-corrected chi connectivity index (χ4v) is 5.03. The third-order valence-electron chi connectivity index (χ3n) is 6.12. The number of pyridine rings is 1. The predicted molar refractivity (Wildman–Crippen MR) is 139 cm³/mol. The summed E-state index contributed by atoms with van der Waals surface area (Å²) < 4.78 is 41.4. The van der Waals surface area contributed by atoms with E-state index in [2.05, 4.69) is 5.32 Å². The molecule has 0 aliphatic heterocycles. The van der Waals surface area contributed by atoms with Crippen LogP contribution in [0.25, 0.3) is 16.6 Å². The van der Waals surface area contributed by atoms with Crippen molar-refractivity contribution in [3.8, 4) is 5.69 Å². The minimum Gasteiger partial charge on any atom is -0.345 e. The number of nitrogens with zero attached hydrogens (tertiary/aromatic N) is 1. The fourth-order valence-electron chi connectivity index (χ4n) is 4.31. The van der Waals surface area contributed by atoms with Crippen molar-refractivity contribution in [2.24, 2.45) is 0 Å². The number of halogens is 3. The van der Waals surface area contributed by atoms with Gasteiger partial charge >= 0.3 is 6.18 Å². The molecule has 0 fully saturated rings. The van der Waals surface area contributed by atoms with Gasteiger partial charge < -0.3 is 5.32 Å². The van der Waals surface area contributed by atoms with Crippen LogP contribution in [0.2, 0.25) is 0 Å². The molecule has 37 heavy (non-hydrogen) atoms. The van der Waals surface area contributed by atoms with Gasteiger partial charge in [0.05, 0.1) is 17.1 Å². The minimum absolute atomic E-state index is 0.0318. The highest BCUT2D eigenvalue weighted by Crippen LogP contribution is 2.31. The molecule has 4 nitrogen and oxygen atoms in total. The average molecular weight is 519 g/mol. The number of nitrogens with one attached hydrogen (secondary N) is 1. The first-order chi connectivity index (χ1) is 17.8. The molecule has 8 heteroatoms. The molecule has 1 atom stereocenters. The largest absolute Gasteiger partial charge is 0.416 e. The maximum Gasteiger partial charge on any atom is 0.416 e. The van der Waals surface area contributed by atoms with Crippen molar-refractivity contribution in [2.75, 3.05) is 0 Å². The number of amides is 1. The van der Waals surface area contributed by atoms with Gasteiger partial charge in [-0.25, -0.2) is 0 Å². The fraction of sp³-hybridized carbons (Fsp3) is 0.103. The second-order valence-corrected chi connectivity index (χ2v) is 9.36. The Bertz CT molecular complexity index is 1610. The van der Waals surface area contributed by atoms with Crippen LogP contribution in [-0.4, -0.2) is 10.5 Å². The van der Waals surface area contributed by atoms with Gasteiger partial charge in [-0.1, -0.05) is 54.6 Å². The van der Waals surface area contributed by atoms with E-state index in [1.165, 1.54) is 29.5 Å². The first-order valence-corrected chi connectivity index (χ1v) is 12.4. The van der Waals surface area contributed by atoms with Crippen molar-refractivity contribution in [3.63, 3.8) is 0 Å². The molecule has 0 radical (unpaired) electrons. The van der Waals surface area contributed by atoms with E-state index in [0.717, 1.165) is 27.8 Å². The second-order valence-electron chi connectivity index (χ2n) is 8.58. The summed E-state index contributed by atoms with van der Waals surface area (Å²) in [4.78, 5) is 27.1. The minimum atomic E-state index is -4.57. The van der Waals surface area contributed by atoms with Gasteiger partial charge in [0.25, 0.3) is 11.5 Å². The molecule has 0 bridgehead atoms. The lowest BCUT2D eigenvalue weighted by atomic mass is 10.0. The normalized spacial score (nSPS) is 12.4. The van der Waals surface area contributed by atoms with Crippen LogP contribution in [0.15, 0.2) is 107 Å². The molecule has 5 aromatic rings. The molecule has 1 unspecified atom stereocenters. The van der Waals surface area contributed by atoms with Crippen LogP contribution >= 0.6 is 11.3 Å². The summed E-state index contributed by atoms with van der Waals surface area (Å²) in [6.07, 6.45) is -4.06. The molecular weight excluding hydrogens is 497 g/mol. The molecular formula is C29H21F3N2O2S. The molecule has 2 heterocycles. The first-order valence-electron chi connectivity index (χ1n) is 11.5. The number of rotatable bonds is 6. The van der Waals surface area contributed by atoms with Gasteiger partial charge in [-0.2, -0.15) is 24.5 Å². The van der Waals surface area contributed by atoms with Crippen molar-refractivity contribution < 1.29 is 18.0 Å². The van der Waals surface area contributed by atoms with E-state index in [1.807, 2.05) is 47.2 Å². The average Bonchev–Trinajstić information content (AvgIpc) is 3.43. The lowest BCUT2D eigenvalue weighted by Crippen LogP contribution is -2.35. The number of benzene rings is 3. The summed E-state index contributed by atoms with van der Waals surface area (Å²) in [5, 5.41) is 7.39. The van der Waals surface area contributed by atoms with Gasteiger partial charge in [-0.3, -0.25) is 14.2 Å². The number of alkyl halides is 3. The van der Waals surface area contributed by atoms with Crippen LogP contribution in [0, 0.1) is 0 Å². The number of para-hydroxylation sites is 1. The summed E-state index contributed by atoms with van der Waals surface area (Å²) in [5.41, 5.74) is 0.631. The predicted octanol–water partition coefficient (Wildman–Crippen LogP) is 6.78. The summed E-state index contributed by atoms with van der Waals surface area (Å²) in [6.45, 7) is 0. The van der Waals surface area contributed by atoms with Crippen molar-refractivity contribution in [1.29, 1.82) is 0 Å². The van der Waals surface area contributed by atoms with Crippen molar-refractivity contribution in [2.45, 2.75) is 18.6 Å². The Labute approximate surface area is 214 Å². The number of fused-ring (bicyclic) bond motifs is 1. The number of hydrogen-bond donors (Lipinski definition) is 1. The van der Waals surface area contributed by atoms with Crippen LogP contribution in [0.4, 0.5) is 13.2 Å². The second kappa shape index (κ2) is 10.1. The summed E-state index contributed by atoms with van der Waals surface area (Å²) >= 11 is 1.50. The third-order valence-corrected chi connectivity index (χ3v) is 6.82. The number of thiophene rings is 1. The third kappa shape index (κ3) is 5.20. The molecule has 0 spiro atoms. The Morgan fingerprint density at radius 2 is 1.68 bits per heavy atom. The van der Waals surface area contributed by atoms with E-state index in [1.54, 1.807) is 24.3 Å². The summed E-state index contributed by atoms with van der Waals surface area (Å²) in [6, 6.07) is 24.0. The van der Waals surface area contributed by atoms with E-state index in [4.69, 9.17) is 0 Å². The SMILES string of the molecule is O=C(NC(Cc1ccccc1)c1ccsc1)c1cc2ccccc2n(-c2cccc(C(F)(F)F)c2)c1=O. The molecule has 2 aromatic heterocycles. The Morgan fingerprint density at radius 3 is 2.41 bits per heavy atom. The summed E-state index contributed by atoms with van der Waals surface area (Å²) in [5.74, 6) is -0.594. The van der Waals surface area contributed by atoms with E-state index < -0.39 is 29.2 Å². The zero-order valence-electron chi connectivity index (χ0n) is 19.4. The molecule has 1 amide bonds. The zero-order chi connectivity index (χ0) is 26.0. The molecule has 3 aromatic carbocycles. The molecule has 0 saturated heterocycles. The van der Waals surface area contributed by atoms with E-state index in [0.29, 0.717) is 17.3 Å². The van der Waals surface area contributed by atoms with Crippen molar-refractivity contribution >= 4 is 28.1 Å². The van der Waals surface area contributed by atoms with Crippen LogP contribution in [0.1, 0.15) is 33.1 Å². The summed E-state index contributed by atoms with van der Waals surface area (Å²) in [7, 11) is 0. The quantitative estimate of drug-likeness (QED) is 0.269. The standard InChI is InChI=1S/C29H21F3N2O2S/c30-29(31,32)22-10-6-11-23(17-22)34-26-12-5-4-9-20(26)16-24(28(34)36)27(35)33-25(21-13-14-37-18-21)15-19-7-2-1-3-8-19/h1-14,16-18,25H,15H2,(H,33,35). The molecule has 5 rings (SSSR count). The topological polar surface area (TPSA) is 51.1 Å². The lowest BCUT2D eigenvalue weighted by molar-refractivity contribution is -0.137. The highest BCUT2D eigenvalue weighted by atomic mass is 32.1. The molecule has 0 aliphatic carbocycles. The molecule has 0 aliphatic rings. The lowest BCUT2D eigenvalue weighted by Gasteiger charge is -2.19. The van der Waals surface area contributed by atoms with Gasteiger partial charge in [0.1, 0.15) is 5.56 Å². The highest BCUT2D eigenvalue weighted by Gasteiger charge is 2.31. The highest BCUT2D eigenvalue weighted by molar-refractivity contribution is 7.08. The number of carbonyl (C=O) groups is 1. The van der Waals surface area contributed by atoms with Gasteiger partial charge in [0, 0.05) is 5.69 Å². The zero-order valence-corrected chi connectivity index (χ0v) is 20.2. The monoisotopic (exact) mass is 518 g/mol. The Morgan fingerprint density at radius 1 is 0.919 bits per heavy atom. The van der Waals surface area contributed by atoms with Gasteiger partial charge in [0.2, 0.25) is 0 Å². The smallest absolute Gasteiger partial charge is 0.345 e. The van der Waals surface area contributed by atoms with Gasteiger partial charge in [0.15, 0.2) is 0 Å². The molecule has 186 valence electrons.